The quantitative estimate of drug-likeness (QED) is 0.773. The number of rotatable bonds is 3. The Hall–Kier alpha value is -1.00. The maximum absolute atomic E-state index is 5.79. The van der Waals surface area contributed by atoms with Crippen molar-refractivity contribution >= 4 is 23.1 Å². The second-order valence-electron chi connectivity index (χ2n) is 3.72. The normalized spacial score (nSPS) is 20.5. The van der Waals surface area contributed by atoms with Crippen molar-refractivity contribution in [2.24, 2.45) is 5.92 Å². The molecule has 3 N–H and O–H groups in total. The van der Waals surface area contributed by atoms with E-state index in [-0.39, 0.29) is 0 Å². The van der Waals surface area contributed by atoms with E-state index in [1.165, 1.54) is 0 Å². The molecule has 82 valence electrons. The van der Waals surface area contributed by atoms with E-state index in [1.54, 1.807) is 12.1 Å². The van der Waals surface area contributed by atoms with Crippen LogP contribution >= 0.6 is 11.6 Å². The lowest BCUT2D eigenvalue weighted by atomic mass is 10.1. The molecule has 1 aromatic heterocycles. The van der Waals surface area contributed by atoms with E-state index in [4.69, 9.17) is 22.1 Å². The van der Waals surface area contributed by atoms with Crippen molar-refractivity contribution < 1.29 is 4.74 Å². The summed E-state index contributed by atoms with van der Waals surface area (Å²) >= 11 is 5.79. The minimum Gasteiger partial charge on any atom is -0.399 e. The number of nitrogens with two attached hydrogens (primary N) is 1. The van der Waals surface area contributed by atoms with Gasteiger partial charge in [-0.3, -0.25) is 0 Å². The number of nitrogens with one attached hydrogen (secondary N) is 1. The third-order valence-electron chi connectivity index (χ3n) is 2.41. The van der Waals surface area contributed by atoms with Crippen molar-refractivity contribution in [2.45, 2.75) is 6.42 Å². The summed E-state index contributed by atoms with van der Waals surface area (Å²) in [5.74, 6) is 1.29. The molecule has 1 aliphatic rings. The van der Waals surface area contributed by atoms with Crippen LogP contribution in [0.4, 0.5) is 11.5 Å². The maximum Gasteiger partial charge on any atom is 0.133 e. The van der Waals surface area contributed by atoms with Gasteiger partial charge in [0.25, 0.3) is 0 Å². The number of pyridine rings is 1. The van der Waals surface area contributed by atoms with Gasteiger partial charge in [-0.25, -0.2) is 4.98 Å². The van der Waals surface area contributed by atoms with Crippen molar-refractivity contribution in [3.05, 3.63) is 17.3 Å². The van der Waals surface area contributed by atoms with E-state index in [1.807, 2.05) is 0 Å². The highest BCUT2D eigenvalue weighted by atomic mass is 35.5. The Labute approximate surface area is 93.8 Å². The van der Waals surface area contributed by atoms with Crippen LogP contribution in [0, 0.1) is 5.92 Å². The highest BCUT2D eigenvalue weighted by molar-refractivity contribution is 6.29. The van der Waals surface area contributed by atoms with Crippen molar-refractivity contribution in [1.29, 1.82) is 0 Å². The number of hydrogen-bond acceptors (Lipinski definition) is 4. The van der Waals surface area contributed by atoms with Gasteiger partial charge in [0, 0.05) is 30.8 Å². The van der Waals surface area contributed by atoms with Crippen molar-refractivity contribution in [3.8, 4) is 0 Å². The average Bonchev–Trinajstić information content (AvgIpc) is 2.65. The summed E-state index contributed by atoms with van der Waals surface area (Å²) in [7, 11) is 0. The van der Waals surface area contributed by atoms with E-state index in [0.29, 0.717) is 16.8 Å². The van der Waals surface area contributed by atoms with Crippen LogP contribution in [-0.4, -0.2) is 24.7 Å². The van der Waals surface area contributed by atoms with Crippen LogP contribution in [0.1, 0.15) is 6.42 Å². The van der Waals surface area contributed by atoms with Crippen LogP contribution in [-0.2, 0) is 4.74 Å². The third-order valence-corrected chi connectivity index (χ3v) is 2.61. The van der Waals surface area contributed by atoms with Gasteiger partial charge in [-0.15, -0.1) is 0 Å². The molecule has 0 aliphatic carbocycles. The van der Waals surface area contributed by atoms with Crippen LogP contribution in [0.25, 0.3) is 0 Å². The smallest absolute Gasteiger partial charge is 0.133 e. The Kier molecular flexibility index (Phi) is 3.28. The molecule has 0 bridgehead atoms. The molecule has 0 spiro atoms. The van der Waals surface area contributed by atoms with Gasteiger partial charge in [0.2, 0.25) is 0 Å². The molecular weight excluding hydrogens is 214 g/mol. The molecule has 1 fully saturated rings. The van der Waals surface area contributed by atoms with E-state index in [0.717, 1.165) is 32.0 Å². The van der Waals surface area contributed by atoms with Crippen molar-refractivity contribution in [2.75, 3.05) is 30.8 Å². The summed E-state index contributed by atoms with van der Waals surface area (Å²) in [4.78, 5) is 4.13. The predicted molar refractivity (Wildman–Crippen MR) is 61.1 cm³/mol. The van der Waals surface area contributed by atoms with Crippen molar-refractivity contribution in [1.82, 2.24) is 4.98 Å². The first-order valence-corrected chi connectivity index (χ1v) is 5.36. The molecule has 1 aliphatic heterocycles. The van der Waals surface area contributed by atoms with Gasteiger partial charge in [-0.2, -0.15) is 0 Å². The first-order chi connectivity index (χ1) is 7.24. The minimum absolute atomic E-state index is 0.417. The Bertz CT molecular complexity index is 319. The molecule has 1 unspecified atom stereocenters. The van der Waals surface area contributed by atoms with Gasteiger partial charge in [0.05, 0.1) is 6.61 Å². The zero-order valence-electron chi connectivity index (χ0n) is 8.37. The first kappa shape index (κ1) is 10.5. The molecule has 5 heteroatoms. The van der Waals surface area contributed by atoms with E-state index >= 15 is 0 Å². The van der Waals surface area contributed by atoms with Crippen LogP contribution in [0.15, 0.2) is 12.1 Å². The molecule has 2 heterocycles. The molecule has 0 amide bonds. The zero-order valence-corrected chi connectivity index (χ0v) is 9.13. The van der Waals surface area contributed by atoms with Gasteiger partial charge in [-0.1, -0.05) is 11.6 Å². The molecule has 1 atom stereocenters. The number of nitrogen functional groups attached to an aromatic ring is 1. The average molecular weight is 228 g/mol. The van der Waals surface area contributed by atoms with Gasteiger partial charge in [0.15, 0.2) is 0 Å². The largest absolute Gasteiger partial charge is 0.399 e. The standard InChI is InChI=1S/C10H14ClN3O/c11-9-3-8(12)4-10(14-9)13-5-7-1-2-15-6-7/h3-4,7H,1-2,5-6H2,(H3,12,13,14). The van der Waals surface area contributed by atoms with Crippen LogP contribution in [0.5, 0.6) is 0 Å². The van der Waals surface area contributed by atoms with Gasteiger partial charge in [-0.05, 0) is 12.5 Å². The van der Waals surface area contributed by atoms with Crippen LogP contribution < -0.4 is 11.1 Å². The maximum atomic E-state index is 5.79. The molecule has 1 aromatic rings. The summed E-state index contributed by atoms with van der Waals surface area (Å²) in [5, 5.41) is 3.63. The fraction of sp³-hybridized carbons (Fsp3) is 0.500. The number of aromatic nitrogens is 1. The Morgan fingerprint density at radius 1 is 1.60 bits per heavy atom. The predicted octanol–water partition coefficient (Wildman–Crippen LogP) is 1.77. The van der Waals surface area contributed by atoms with E-state index in [9.17, 15) is 0 Å². The lowest BCUT2D eigenvalue weighted by Gasteiger charge is -2.10. The molecule has 1 saturated heterocycles. The van der Waals surface area contributed by atoms with Gasteiger partial charge >= 0.3 is 0 Å². The SMILES string of the molecule is Nc1cc(Cl)nc(NCC2CCOC2)c1. The molecule has 4 nitrogen and oxygen atoms in total. The summed E-state index contributed by atoms with van der Waals surface area (Å²) < 4.78 is 5.28. The molecule has 2 rings (SSSR count). The van der Waals surface area contributed by atoms with E-state index < -0.39 is 0 Å². The second-order valence-corrected chi connectivity index (χ2v) is 4.11. The van der Waals surface area contributed by atoms with Crippen LogP contribution in [0.3, 0.4) is 0 Å². The number of nitrogens with zero attached hydrogens (tertiary/aromatic N) is 1. The topological polar surface area (TPSA) is 60.2 Å². The molecule has 0 radical (unpaired) electrons. The lowest BCUT2D eigenvalue weighted by Crippen LogP contribution is -2.14. The summed E-state index contributed by atoms with van der Waals surface area (Å²) in [5.41, 5.74) is 6.28. The highest BCUT2D eigenvalue weighted by Gasteiger charge is 2.15. The van der Waals surface area contributed by atoms with Crippen LogP contribution in [0.2, 0.25) is 5.15 Å². The highest BCUT2D eigenvalue weighted by Crippen LogP contribution is 2.17. The number of halogens is 1. The summed E-state index contributed by atoms with van der Waals surface area (Å²) in [6.07, 6.45) is 1.10. The molecule has 0 aromatic carbocycles. The van der Waals surface area contributed by atoms with Gasteiger partial charge < -0.3 is 15.8 Å². The third kappa shape index (κ3) is 2.97. The van der Waals surface area contributed by atoms with Crippen molar-refractivity contribution in [3.63, 3.8) is 0 Å². The number of ether oxygens (including phenoxy) is 1. The Morgan fingerprint density at radius 2 is 2.47 bits per heavy atom. The fourth-order valence-corrected chi connectivity index (χ4v) is 1.82. The monoisotopic (exact) mass is 227 g/mol. The number of anilines is 2. The molecular formula is C10H14ClN3O. The minimum atomic E-state index is 0.417. The molecule has 15 heavy (non-hydrogen) atoms. The summed E-state index contributed by atoms with van der Waals surface area (Å²) in [6, 6.07) is 3.41. The van der Waals surface area contributed by atoms with Gasteiger partial charge in [0.1, 0.15) is 11.0 Å². The summed E-state index contributed by atoms with van der Waals surface area (Å²) in [6.45, 7) is 2.54. The second kappa shape index (κ2) is 4.68. The zero-order chi connectivity index (χ0) is 10.7. The fourth-order valence-electron chi connectivity index (χ4n) is 1.60. The first-order valence-electron chi connectivity index (χ1n) is 4.99. The lowest BCUT2D eigenvalue weighted by molar-refractivity contribution is 0.187. The Morgan fingerprint density at radius 3 is 3.13 bits per heavy atom. The number of hydrogen-bond donors (Lipinski definition) is 2. The molecule has 0 saturated carbocycles. The van der Waals surface area contributed by atoms with E-state index in [2.05, 4.69) is 10.3 Å². The Balaban J connectivity index is 1.92.